The molecule has 4 aromatic rings. The van der Waals surface area contributed by atoms with E-state index in [1.807, 2.05) is 46.5 Å². The van der Waals surface area contributed by atoms with Crippen molar-refractivity contribution in [3.8, 4) is 11.5 Å². The van der Waals surface area contributed by atoms with Crippen LogP contribution in [0.4, 0.5) is 5.69 Å². The molecule has 0 fully saturated rings. The van der Waals surface area contributed by atoms with Gasteiger partial charge in [0, 0.05) is 32.2 Å². The molecule has 0 bridgehead atoms. The summed E-state index contributed by atoms with van der Waals surface area (Å²) < 4.78 is 9.04. The Hall–Kier alpha value is -3.52. The van der Waals surface area contributed by atoms with E-state index >= 15 is 0 Å². The highest BCUT2D eigenvalue weighted by Crippen LogP contribution is 2.23. The zero-order valence-electron chi connectivity index (χ0n) is 15.7. The second-order valence-electron chi connectivity index (χ2n) is 6.30. The SMILES string of the molecule is COCCn1cc(-c2nc(C(=O)Nc3cccnc3)c3ccccn23)nc1C. The number of anilines is 1. The van der Waals surface area contributed by atoms with Crippen LogP contribution in [-0.2, 0) is 11.3 Å². The van der Waals surface area contributed by atoms with Gasteiger partial charge in [0.1, 0.15) is 11.5 Å². The van der Waals surface area contributed by atoms with Gasteiger partial charge in [0.2, 0.25) is 0 Å². The first-order chi connectivity index (χ1) is 13.7. The Morgan fingerprint density at radius 2 is 2.11 bits per heavy atom. The largest absolute Gasteiger partial charge is 0.383 e. The van der Waals surface area contributed by atoms with Crippen molar-refractivity contribution in [2.75, 3.05) is 19.0 Å². The molecule has 1 N–H and O–H groups in total. The van der Waals surface area contributed by atoms with E-state index in [1.165, 1.54) is 0 Å². The summed E-state index contributed by atoms with van der Waals surface area (Å²) in [7, 11) is 1.67. The van der Waals surface area contributed by atoms with Crippen LogP contribution < -0.4 is 5.32 Å². The van der Waals surface area contributed by atoms with Crippen molar-refractivity contribution < 1.29 is 9.53 Å². The molecule has 0 saturated heterocycles. The fourth-order valence-electron chi connectivity index (χ4n) is 3.04. The molecule has 1 amide bonds. The zero-order chi connectivity index (χ0) is 19.5. The molecule has 4 heterocycles. The van der Waals surface area contributed by atoms with Gasteiger partial charge in [0.15, 0.2) is 11.5 Å². The van der Waals surface area contributed by atoms with Gasteiger partial charge in [-0.3, -0.25) is 14.2 Å². The van der Waals surface area contributed by atoms with Crippen LogP contribution in [0.3, 0.4) is 0 Å². The number of carbonyl (C=O) groups excluding carboxylic acids is 1. The molecule has 0 atom stereocenters. The van der Waals surface area contributed by atoms with E-state index < -0.39 is 0 Å². The number of methoxy groups -OCH3 is 1. The molecule has 0 saturated carbocycles. The van der Waals surface area contributed by atoms with Gasteiger partial charge in [-0.15, -0.1) is 0 Å². The molecule has 4 aromatic heterocycles. The quantitative estimate of drug-likeness (QED) is 0.559. The molecule has 8 heteroatoms. The Kier molecular flexibility index (Phi) is 4.86. The molecule has 0 aliphatic rings. The van der Waals surface area contributed by atoms with Crippen LogP contribution in [-0.4, -0.2) is 43.5 Å². The molecular weight excluding hydrogens is 356 g/mol. The number of fused-ring (bicyclic) bond motifs is 1. The number of aromatic nitrogens is 5. The van der Waals surface area contributed by atoms with Crippen LogP contribution in [0.15, 0.2) is 55.1 Å². The third-order valence-electron chi connectivity index (χ3n) is 4.42. The number of pyridine rings is 2. The Labute approximate surface area is 161 Å². The lowest BCUT2D eigenvalue weighted by Crippen LogP contribution is -2.12. The number of hydrogen-bond donors (Lipinski definition) is 1. The number of ether oxygens (including phenoxy) is 1. The lowest BCUT2D eigenvalue weighted by atomic mass is 10.3. The zero-order valence-corrected chi connectivity index (χ0v) is 15.7. The number of nitrogens with zero attached hydrogens (tertiary/aromatic N) is 5. The van der Waals surface area contributed by atoms with Crippen molar-refractivity contribution in [1.82, 2.24) is 23.9 Å². The highest BCUT2D eigenvalue weighted by Gasteiger charge is 2.20. The number of hydrogen-bond acceptors (Lipinski definition) is 5. The van der Waals surface area contributed by atoms with Crippen molar-refractivity contribution >= 4 is 17.1 Å². The van der Waals surface area contributed by atoms with Gasteiger partial charge in [-0.25, -0.2) is 9.97 Å². The van der Waals surface area contributed by atoms with E-state index in [1.54, 1.807) is 31.6 Å². The number of carbonyl (C=O) groups is 1. The number of rotatable bonds is 6. The molecule has 0 unspecified atom stereocenters. The Morgan fingerprint density at radius 3 is 2.89 bits per heavy atom. The van der Waals surface area contributed by atoms with E-state index in [0.717, 1.165) is 5.82 Å². The van der Waals surface area contributed by atoms with Crippen molar-refractivity contribution in [3.05, 3.63) is 66.6 Å². The fourth-order valence-corrected chi connectivity index (χ4v) is 3.04. The molecule has 0 spiro atoms. The van der Waals surface area contributed by atoms with E-state index in [0.29, 0.717) is 41.6 Å². The van der Waals surface area contributed by atoms with Crippen LogP contribution in [0.5, 0.6) is 0 Å². The second-order valence-corrected chi connectivity index (χ2v) is 6.30. The molecule has 8 nitrogen and oxygen atoms in total. The minimum absolute atomic E-state index is 0.293. The topological polar surface area (TPSA) is 86.3 Å². The Bertz CT molecular complexity index is 1120. The summed E-state index contributed by atoms with van der Waals surface area (Å²) in [6.07, 6.45) is 7.06. The normalized spacial score (nSPS) is 11.1. The van der Waals surface area contributed by atoms with Crippen molar-refractivity contribution in [1.29, 1.82) is 0 Å². The van der Waals surface area contributed by atoms with Gasteiger partial charge >= 0.3 is 0 Å². The number of imidazole rings is 2. The van der Waals surface area contributed by atoms with Crippen LogP contribution in [0.2, 0.25) is 0 Å². The first-order valence-corrected chi connectivity index (χ1v) is 8.89. The fraction of sp³-hybridized carbons (Fsp3) is 0.200. The lowest BCUT2D eigenvalue weighted by molar-refractivity contribution is 0.102. The predicted octanol–water partition coefficient (Wildman–Crippen LogP) is 2.80. The third kappa shape index (κ3) is 3.37. The summed E-state index contributed by atoms with van der Waals surface area (Å²) in [5.74, 6) is 1.19. The molecule has 0 radical (unpaired) electrons. The minimum atomic E-state index is -0.293. The molecule has 0 aliphatic heterocycles. The van der Waals surface area contributed by atoms with Gasteiger partial charge in [0.05, 0.1) is 24.0 Å². The molecule has 28 heavy (non-hydrogen) atoms. The molecular formula is C20H20N6O2. The van der Waals surface area contributed by atoms with Crippen LogP contribution in [0.25, 0.3) is 17.0 Å². The van der Waals surface area contributed by atoms with Crippen molar-refractivity contribution in [2.24, 2.45) is 0 Å². The standard InChI is InChI=1S/C20H20N6O2/c1-14-22-16(13-25(14)10-11-28-2)19-24-18(17-7-3-4-9-26(17)19)20(27)23-15-6-5-8-21-12-15/h3-9,12-13H,10-11H2,1-2H3,(H,23,27). The van der Waals surface area contributed by atoms with Gasteiger partial charge in [0.25, 0.3) is 5.91 Å². The Morgan fingerprint density at radius 1 is 1.21 bits per heavy atom. The molecule has 0 aliphatic carbocycles. The molecule has 0 aromatic carbocycles. The summed E-state index contributed by atoms with van der Waals surface area (Å²) in [5, 5.41) is 2.84. The van der Waals surface area contributed by atoms with Gasteiger partial charge in [-0.2, -0.15) is 0 Å². The van der Waals surface area contributed by atoms with E-state index in [-0.39, 0.29) is 5.91 Å². The molecule has 4 rings (SSSR count). The average Bonchev–Trinajstić information content (AvgIpc) is 3.28. The first-order valence-electron chi connectivity index (χ1n) is 8.89. The minimum Gasteiger partial charge on any atom is -0.383 e. The third-order valence-corrected chi connectivity index (χ3v) is 4.42. The highest BCUT2D eigenvalue weighted by atomic mass is 16.5. The van der Waals surface area contributed by atoms with Crippen LogP contribution in [0.1, 0.15) is 16.3 Å². The van der Waals surface area contributed by atoms with E-state index in [2.05, 4.69) is 20.3 Å². The summed E-state index contributed by atoms with van der Waals surface area (Å²) >= 11 is 0. The van der Waals surface area contributed by atoms with Crippen LogP contribution >= 0.6 is 0 Å². The maximum absolute atomic E-state index is 12.8. The summed E-state index contributed by atoms with van der Waals surface area (Å²) in [6.45, 7) is 3.23. The van der Waals surface area contributed by atoms with E-state index in [4.69, 9.17) is 4.74 Å². The summed E-state index contributed by atoms with van der Waals surface area (Å²) in [5.41, 5.74) is 2.37. The number of aryl methyl sites for hydroxylation is 1. The van der Waals surface area contributed by atoms with Gasteiger partial charge in [-0.1, -0.05) is 6.07 Å². The predicted molar refractivity (Wildman–Crippen MR) is 105 cm³/mol. The summed E-state index contributed by atoms with van der Waals surface area (Å²) in [6, 6.07) is 9.19. The summed E-state index contributed by atoms with van der Waals surface area (Å²) in [4.78, 5) is 26.1. The second kappa shape index (κ2) is 7.61. The number of amides is 1. The van der Waals surface area contributed by atoms with Crippen LogP contribution in [0, 0.1) is 6.92 Å². The van der Waals surface area contributed by atoms with Gasteiger partial charge < -0.3 is 14.6 Å². The Balaban J connectivity index is 1.74. The van der Waals surface area contributed by atoms with Gasteiger partial charge in [-0.05, 0) is 31.2 Å². The van der Waals surface area contributed by atoms with E-state index in [9.17, 15) is 4.79 Å². The number of nitrogens with one attached hydrogen (secondary N) is 1. The lowest BCUT2D eigenvalue weighted by Gasteiger charge is -2.02. The highest BCUT2D eigenvalue weighted by molar-refractivity contribution is 6.08. The van der Waals surface area contributed by atoms with Crippen molar-refractivity contribution in [2.45, 2.75) is 13.5 Å². The monoisotopic (exact) mass is 376 g/mol. The molecule has 142 valence electrons. The smallest absolute Gasteiger partial charge is 0.276 e. The first kappa shape index (κ1) is 17.9. The van der Waals surface area contributed by atoms with Crippen molar-refractivity contribution in [3.63, 3.8) is 0 Å². The maximum atomic E-state index is 12.8. The maximum Gasteiger partial charge on any atom is 0.276 e. The average molecular weight is 376 g/mol.